The van der Waals surface area contributed by atoms with Crippen LogP contribution >= 0.6 is 27.5 Å². The minimum absolute atomic E-state index is 0.226. The molecular weight excluding hydrogens is 370 g/mol. The van der Waals surface area contributed by atoms with Crippen molar-refractivity contribution in [1.29, 1.82) is 0 Å². The predicted molar refractivity (Wildman–Crippen MR) is 79.2 cm³/mol. The first-order valence-corrected chi connectivity index (χ1v) is 8.13. The zero-order valence-electron chi connectivity index (χ0n) is 10.3. The smallest absolute Gasteiger partial charge is 0.281 e. The van der Waals surface area contributed by atoms with Gasteiger partial charge in [-0.25, -0.2) is 0 Å². The number of H-pyrrole nitrogens is 1. The molecule has 0 amide bonds. The molecule has 0 aliphatic heterocycles. The lowest BCUT2D eigenvalue weighted by molar-refractivity contribution is 0.277. The summed E-state index contributed by atoms with van der Waals surface area (Å²) in [5.41, 5.74) is 0.947. The fourth-order valence-electron chi connectivity index (χ4n) is 1.61. The number of benzene rings is 1. The Balaban J connectivity index is 2.43. The van der Waals surface area contributed by atoms with Crippen molar-refractivity contribution in [2.45, 2.75) is 18.6 Å². The van der Waals surface area contributed by atoms with Crippen LogP contribution in [0.4, 0.5) is 5.69 Å². The van der Waals surface area contributed by atoms with E-state index in [9.17, 15) is 13.5 Å². The van der Waals surface area contributed by atoms with Crippen LogP contribution in [0.25, 0.3) is 0 Å². The Hall–Kier alpha value is -1.09. The average molecular weight is 381 g/mol. The van der Waals surface area contributed by atoms with Gasteiger partial charge in [0, 0.05) is 15.7 Å². The van der Waals surface area contributed by atoms with Crippen molar-refractivity contribution >= 4 is 43.2 Å². The van der Waals surface area contributed by atoms with E-state index in [1.54, 1.807) is 19.1 Å². The van der Waals surface area contributed by atoms with Gasteiger partial charge in [0.1, 0.15) is 0 Å². The van der Waals surface area contributed by atoms with E-state index in [4.69, 9.17) is 11.6 Å². The number of aryl methyl sites for hydroxylation is 1. The highest BCUT2D eigenvalue weighted by atomic mass is 79.9. The van der Waals surface area contributed by atoms with E-state index in [1.165, 1.54) is 6.07 Å². The Kier molecular flexibility index (Phi) is 4.38. The fourth-order valence-corrected chi connectivity index (χ4v) is 3.45. The third-order valence-corrected chi connectivity index (χ3v) is 4.78. The molecule has 2 rings (SSSR count). The largest absolute Gasteiger partial charge is 0.392 e. The van der Waals surface area contributed by atoms with Crippen LogP contribution in [0.15, 0.2) is 27.7 Å². The number of aromatic amines is 1. The van der Waals surface area contributed by atoms with Crippen LogP contribution in [0.2, 0.25) is 5.02 Å². The summed E-state index contributed by atoms with van der Waals surface area (Å²) >= 11 is 9.18. The monoisotopic (exact) mass is 379 g/mol. The molecule has 9 heteroatoms. The third kappa shape index (κ3) is 2.98. The van der Waals surface area contributed by atoms with E-state index >= 15 is 0 Å². The lowest BCUT2D eigenvalue weighted by atomic mass is 10.3. The van der Waals surface area contributed by atoms with E-state index in [-0.39, 0.29) is 21.3 Å². The summed E-state index contributed by atoms with van der Waals surface area (Å²) in [6.45, 7) is 1.20. The molecule has 0 fully saturated rings. The fraction of sp³-hybridized carbons (Fsp3) is 0.182. The highest BCUT2D eigenvalue weighted by molar-refractivity contribution is 9.10. The molecule has 1 heterocycles. The summed E-state index contributed by atoms with van der Waals surface area (Å²) < 4.78 is 27.6. The van der Waals surface area contributed by atoms with E-state index in [1.807, 2.05) is 0 Å². The summed E-state index contributed by atoms with van der Waals surface area (Å²) in [4.78, 5) is 0. The number of rotatable bonds is 4. The third-order valence-electron chi connectivity index (χ3n) is 2.62. The molecule has 0 aliphatic carbocycles. The molecule has 1 aromatic carbocycles. The number of halogens is 2. The predicted octanol–water partition coefficient (Wildman–Crippen LogP) is 2.43. The van der Waals surface area contributed by atoms with Crippen molar-refractivity contribution in [3.05, 3.63) is 39.0 Å². The first-order valence-electron chi connectivity index (χ1n) is 5.47. The number of anilines is 1. The zero-order chi connectivity index (χ0) is 14.9. The molecule has 0 saturated heterocycles. The minimum atomic E-state index is -3.93. The average Bonchev–Trinajstić information content (AvgIpc) is 2.75. The molecule has 0 saturated carbocycles. The Bertz CT molecular complexity index is 745. The maximum atomic E-state index is 12.3. The molecule has 3 N–H and O–H groups in total. The Morgan fingerprint density at radius 3 is 2.85 bits per heavy atom. The molecule has 0 spiro atoms. The molecule has 0 unspecified atom stereocenters. The van der Waals surface area contributed by atoms with E-state index in [0.29, 0.717) is 10.2 Å². The molecule has 1 aromatic heterocycles. The van der Waals surface area contributed by atoms with Gasteiger partial charge in [-0.2, -0.15) is 13.5 Å². The normalized spacial score (nSPS) is 11.6. The molecule has 20 heavy (non-hydrogen) atoms. The van der Waals surface area contributed by atoms with Gasteiger partial charge in [0.05, 0.1) is 17.3 Å². The van der Waals surface area contributed by atoms with Crippen LogP contribution in [0.3, 0.4) is 0 Å². The molecule has 0 atom stereocenters. The number of aliphatic hydroxyl groups excluding tert-OH is 1. The molecule has 6 nitrogen and oxygen atoms in total. The van der Waals surface area contributed by atoms with Gasteiger partial charge in [-0.05, 0) is 25.1 Å². The van der Waals surface area contributed by atoms with Gasteiger partial charge in [-0.3, -0.25) is 9.82 Å². The number of aliphatic hydroxyl groups is 1. The van der Waals surface area contributed by atoms with Crippen molar-refractivity contribution in [3.8, 4) is 0 Å². The van der Waals surface area contributed by atoms with Gasteiger partial charge in [0.2, 0.25) is 5.03 Å². The standard InChI is InChI=1S/C11H11BrClN3O3S/c1-6-8(5-17)11(15-14-6)20(18,19)16-10-4-7(12)2-3-9(10)13/h2-4,16-17H,5H2,1H3,(H,14,15). The van der Waals surface area contributed by atoms with Gasteiger partial charge >= 0.3 is 0 Å². The molecule has 2 aromatic rings. The van der Waals surface area contributed by atoms with Crippen LogP contribution in [0, 0.1) is 6.92 Å². The second-order valence-electron chi connectivity index (χ2n) is 4.02. The second kappa shape index (κ2) is 5.72. The van der Waals surface area contributed by atoms with Gasteiger partial charge < -0.3 is 5.11 Å². The van der Waals surface area contributed by atoms with Gasteiger partial charge in [-0.15, -0.1) is 0 Å². The Morgan fingerprint density at radius 1 is 1.50 bits per heavy atom. The van der Waals surface area contributed by atoms with E-state index in [2.05, 4.69) is 30.8 Å². The summed E-state index contributed by atoms with van der Waals surface area (Å²) in [6.07, 6.45) is 0. The quantitative estimate of drug-likeness (QED) is 0.759. The first kappa shape index (κ1) is 15.3. The van der Waals surface area contributed by atoms with Crippen LogP contribution < -0.4 is 4.72 Å². The lowest BCUT2D eigenvalue weighted by Gasteiger charge is -2.09. The van der Waals surface area contributed by atoms with Crippen molar-refractivity contribution < 1.29 is 13.5 Å². The number of hydrogen-bond donors (Lipinski definition) is 3. The molecular formula is C11H11BrClN3O3S. The number of nitrogens with one attached hydrogen (secondary N) is 2. The number of aromatic nitrogens is 2. The molecule has 0 bridgehead atoms. The van der Waals surface area contributed by atoms with Crippen molar-refractivity contribution in [2.75, 3.05) is 4.72 Å². The van der Waals surface area contributed by atoms with Gasteiger partial charge in [-0.1, -0.05) is 27.5 Å². The Morgan fingerprint density at radius 2 is 2.20 bits per heavy atom. The summed E-state index contributed by atoms with van der Waals surface area (Å²) in [6, 6.07) is 4.79. The zero-order valence-corrected chi connectivity index (χ0v) is 13.5. The number of hydrogen-bond acceptors (Lipinski definition) is 4. The first-order chi connectivity index (χ1) is 9.35. The highest BCUT2D eigenvalue weighted by Gasteiger charge is 2.24. The maximum Gasteiger partial charge on any atom is 0.281 e. The number of nitrogens with zero attached hydrogens (tertiary/aromatic N) is 1. The minimum Gasteiger partial charge on any atom is -0.392 e. The molecule has 108 valence electrons. The topological polar surface area (TPSA) is 95.1 Å². The summed E-state index contributed by atoms with van der Waals surface area (Å²) in [5, 5.41) is 15.5. The van der Waals surface area contributed by atoms with Crippen LogP contribution in [-0.2, 0) is 16.6 Å². The summed E-state index contributed by atoms with van der Waals surface area (Å²) in [7, 11) is -3.93. The number of sulfonamides is 1. The van der Waals surface area contributed by atoms with Crippen molar-refractivity contribution in [1.82, 2.24) is 10.2 Å². The maximum absolute atomic E-state index is 12.3. The van der Waals surface area contributed by atoms with E-state index < -0.39 is 16.6 Å². The SMILES string of the molecule is Cc1[nH]nc(S(=O)(=O)Nc2cc(Br)ccc2Cl)c1CO. The van der Waals surface area contributed by atoms with E-state index in [0.717, 1.165) is 0 Å². The Labute approximate surface area is 129 Å². The second-order valence-corrected chi connectivity index (χ2v) is 6.94. The molecule has 0 aliphatic rings. The summed E-state index contributed by atoms with van der Waals surface area (Å²) in [5.74, 6) is 0. The van der Waals surface area contributed by atoms with Gasteiger partial charge in [0.15, 0.2) is 0 Å². The highest BCUT2D eigenvalue weighted by Crippen LogP contribution is 2.28. The van der Waals surface area contributed by atoms with Crippen molar-refractivity contribution in [3.63, 3.8) is 0 Å². The van der Waals surface area contributed by atoms with Crippen LogP contribution in [0.5, 0.6) is 0 Å². The van der Waals surface area contributed by atoms with Crippen molar-refractivity contribution in [2.24, 2.45) is 0 Å². The molecule has 0 radical (unpaired) electrons. The lowest BCUT2D eigenvalue weighted by Crippen LogP contribution is -2.15. The van der Waals surface area contributed by atoms with Gasteiger partial charge in [0.25, 0.3) is 10.0 Å². The van der Waals surface area contributed by atoms with Crippen LogP contribution in [-0.4, -0.2) is 23.7 Å². The van der Waals surface area contributed by atoms with Crippen LogP contribution in [0.1, 0.15) is 11.3 Å².